The molecule has 4 nitrogen and oxygen atoms in total. The monoisotopic (exact) mass is 273 g/mol. The van der Waals surface area contributed by atoms with Crippen LogP contribution < -0.4 is 4.74 Å². The number of halogens is 1. The van der Waals surface area contributed by atoms with Gasteiger partial charge in [0.15, 0.2) is 5.82 Å². The molecule has 0 spiro atoms. The highest BCUT2D eigenvalue weighted by molar-refractivity contribution is 6.18. The molecule has 0 bridgehead atoms. The third kappa shape index (κ3) is 4.57. The summed E-state index contributed by atoms with van der Waals surface area (Å²) in [5.74, 6) is 7.73. The van der Waals surface area contributed by atoms with Gasteiger partial charge in [-0.2, -0.15) is 0 Å². The number of rotatable bonds is 4. The highest BCUT2D eigenvalue weighted by Gasteiger charge is 1.99. The lowest BCUT2D eigenvalue weighted by molar-refractivity contribution is 0.294. The van der Waals surface area contributed by atoms with Gasteiger partial charge in [-0.1, -0.05) is 11.8 Å². The van der Waals surface area contributed by atoms with Crippen LogP contribution in [0.15, 0.2) is 36.9 Å². The summed E-state index contributed by atoms with van der Waals surface area (Å²) in [6.45, 7) is 0.307. The molecule has 2 aromatic heterocycles. The first kappa shape index (κ1) is 13.3. The lowest BCUT2D eigenvalue weighted by Crippen LogP contribution is -2.00. The fourth-order valence-electron chi connectivity index (χ4n) is 1.33. The number of aromatic nitrogens is 3. The Morgan fingerprint density at radius 1 is 1.21 bits per heavy atom. The van der Waals surface area contributed by atoms with E-state index in [0.717, 1.165) is 5.56 Å². The lowest BCUT2D eigenvalue weighted by Gasteiger charge is -2.04. The van der Waals surface area contributed by atoms with Crippen molar-refractivity contribution in [2.24, 2.45) is 0 Å². The first-order valence-electron chi connectivity index (χ1n) is 5.77. The van der Waals surface area contributed by atoms with Crippen LogP contribution in [0, 0.1) is 11.8 Å². The molecule has 19 heavy (non-hydrogen) atoms. The van der Waals surface area contributed by atoms with Crippen molar-refractivity contribution in [2.75, 3.05) is 5.88 Å². The van der Waals surface area contributed by atoms with E-state index in [0.29, 0.717) is 30.5 Å². The Morgan fingerprint density at radius 3 is 2.84 bits per heavy atom. The molecule has 0 aliphatic heterocycles. The minimum atomic E-state index is 0.307. The maximum absolute atomic E-state index is 5.56. The van der Waals surface area contributed by atoms with Crippen molar-refractivity contribution < 1.29 is 4.74 Å². The second kappa shape index (κ2) is 7.34. The molecule has 2 aromatic rings. The van der Waals surface area contributed by atoms with Crippen molar-refractivity contribution in [3.8, 4) is 17.6 Å². The molecule has 0 unspecified atom stereocenters. The van der Waals surface area contributed by atoms with Crippen LogP contribution in [0.2, 0.25) is 0 Å². The molecule has 0 saturated heterocycles. The normalized spacial score (nSPS) is 9.53. The first-order chi connectivity index (χ1) is 9.38. The Morgan fingerprint density at radius 2 is 2.05 bits per heavy atom. The van der Waals surface area contributed by atoms with Gasteiger partial charge in [-0.25, -0.2) is 9.97 Å². The van der Waals surface area contributed by atoms with E-state index >= 15 is 0 Å². The zero-order chi connectivity index (χ0) is 13.3. The molecule has 0 aromatic carbocycles. The van der Waals surface area contributed by atoms with Gasteiger partial charge in [0.1, 0.15) is 12.4 Å². The van der Waals surface area contributed by atoms with Crippen LogP contribution >= 0.6 is 11.6 Å². The SMILES string of the molecule is ClCCC#Cc1cncc(OCc2ncccn2)c1. The van der Waals surface area contributed by atoms with E-state index in [4.69, 9.17) is 16.3 Å². The predicted octanol–water partition coefficient (Wildman–Crippen LogP) is 2.43. The average Bonchev–Trinajstić information content (AvgIpc) is 2.47. The van der Waals surface area contributed by atoms with Gasteiger partial charge in [0.05, 0.1) is 6.20 Å². The van der Waals surface area contributed by atoms with Gasteiger partial charge in [0.2, 0.25) is 0 Å². The van der Waals surface area contributed by atoms with Gasteiger partial charge in [-0.15, -0.1) is 11.6 Å². The largest absolute Gasteiger partial charge is 0.484 e. The summed E-state index contributed by atoms with van der Waals surface area (Å²) in [5, 5.41) is 0. The van der Waals surface area contributed by atoms with Crippen LogP contribution in [0.4, 0.5) is 0 Å². The molecule has 5 heteroatoms. The zero-order valence-corrected chi connectivity index (χ0v) is 11.0. The molecule has 2 heterocycles. The van der Waals surface area contributed by atoms with Gasteiger partial charge in [-0.3, -0.25) is 4.98 Å². The van der Waals surface area contributed by atoms with Crippen LogP contribution in [0.5, 0.6) is 5.75 Å². The number of ether oxygens (including phenoxy) is 1. The minimum absolute atomic E-state index is 0.307. The van der Waals surface area contributed by atoms with Gasteiger partial charge >= 0.3 is 0 Å². The number of nitrogens with zero attached hydrogens (tertiary/aromatic N) is 3. The van der Waals surface area contributed by atoms with Crippen molar-refractivity contribution in [3.63, 3.8) is 0 Å². The van der Waals surface area contributed by atoms with Crippen LogP contribution in [0.1, 0.15) is 17.8 Å². The van der Waals surface area contributed by atoms with E-state index in [1.54, 1.807) is 30.9 Å². The van der Waals surface area contributed by atoms with Gasteiger partial charge in [0, 0.05) is 36.5 Å². The summed E-state index contributed by atoms with van der Waals surface area (Å²) in [4.78, 5) is 12.2. The van der Waals surface area contributed by atoms with Crippen molar-refractivity contribution in [2.45, 2.75) is 13.0 Å². The Bertz CT molecular complexity index is 578. The summed E-state index contributed by atoms with van der Waals surface area (Å²) in [7, 11) is 0. The lowest BCUT2D eigenvalue weighted by atomic mass is 10.2. The fraction of sp³-hybridized carbons (Fsp3) is 0.214. The Hall–Kier alpha value is -2.12. The molecule has 0 aliphatic carbocycles. The number of hydrogen-bond donors (Lipinski definition) is 0. The van der Waals surface area contributed by atoms with Crippen molar-refractivity contribution in [1.82, 2.24) is 15.0 Å². The summed E-state index contributed by atoms with van der Waals surface area (Å²) in [6, 6.07) is 3.59. The molecular formula is C14H12ClN3O. The molecule has 0 radical (unpaired) electrons. The molecule has 2 rings (SSSR count). The molecular weight excluding hydrogens is 262 g/mol. The molecule has 0 saturated carbocycles. The standard InChI is InChI=1S/C14H12ClN3O/c15-5-2-1-4-12-8-13(10-16-9-12)19-11-14-17-6-3-7-18-14/h3,6-10H,2,5,11H2. The van der Waals surface area contributed by atoms with E-state index in [1.165, 1.54) is 0 Å². The molecule has 0 N–H and O–H groups in total. The van der Waals surface area contributed by atoms with E-state index in [2.05, 4.69) is 26.8 Å². The molecule has 0 amide bonds. The van der Waals surface area contributed by atoms with Crippen molar-refractivity contribution in [1.29, 1.82) is 0 Å². The van der Waals surface area contributed by atoms with E-state index in [9.17, 15) is 0 Å². The second-order valence-corrected chi connectivity index (χ2v) is 3.98. The van der Waals surface area contributed by atoms with Crippen LogP contribution in [-0.2, 0) is 6.61 Å². The zero-order valence-electron chi connectivity index (χ0n) is 10.2. The maximum Gasteiger partial charge on any atom is 0.166 e. The van der Waals surface area contributed by atoms with Gasteiger partial charge in [0.25, 0.3) is 0 Å². The Labute approximate surface area is 116 Å². The average molecular weight is 274 g/mol. The second-order valence-electron chi connectivity index (χ2n) is 3.60. The molecule has 0 aliphatic rings. The van der Waals surface area contributed by atoms with Crippen molar-refractivity contribution >= 4 is 11.6 Å². The quantitative estimate of drug-likeness (QED) is 0.634. The van der Waals surface area contributed by atoms with Crippen molar-refractivity contribution in [3.05, 3.63) is 48.3 Å². The highest BCUT2D eigenvalue weighted by atomic mass is 35.5. The maximum atomic E-state index is 5.56. The first-order valence-corrected chi connectivity index (χ1v) is 6.30. The van der Waals surface area contributed by atoms with Gasteiger partial charge in [-0.05, 0) is 12.1 Å². The molecule has 0 atom stereocenters. The summed E-state index contributed by atoms with van der Waals surface area (Å²) in [6.07, 6.45) is 7.34. The third-order valence-electron chi connectivity index (χ3n) is 2.15. The fourth-order valence-corrected chi connectivity index (χ4v) is 1.42. The summed E-state index contributed by atoms with van der Waals surface area (Å²) in [5.41, 5.74) is 0.802. The number of hydrogen-bond acceptors (Lipinski definition) is 4. The van der Waals surface area contributed by atoms with Crippen LogP contribution in [0.3, 0.4) is 0 Å². The predicted molar refractivity (Wildman–Crippen MR) is 72.8 cm³/mol. The van der Waals surface area contributed by atoms with E-state index in [-0.39, 0.29) is 0 Å². The smallest absolute Gasteiger partial charge is 0.166 e. The van der Waals surface area contributed by atoms with Crippen LogP contribution in [-0.4, -0.2) is 20.8 Å². The van der Waals surface area contributed by atoms with E-state index < -0.39 is 0 Å². The minimum Gasteiger partial charge on any atom is -0.484 e. The summed E-state index contributed by atoms with van der Waals surface area (Å²) < 4.78 is 5.56. The third-order valence-corrected chi connectivity index (χ3v) is 2.34. The summed E-state index contributed by atoms with van der Waals surface area (Å²) >= 11 is 5.56. The molecule has 0 fully saturated rings. The van der Waals surface area contributed by atoms with Crippen LogP contribution in [0.25, 0.3) is 0 Å². The molecule has 96 valence electrons. The Balaban J connectivity index is 1.98. The number of alkyl halides is 1. The topological polar surface area (TPSA) is 47.9 Å². The highest BCUT2D eigenvalue weighted by Crippen LogP contribution is 2.11. The van der Waals surface area contributed by atoms with Gasteiger partial charge < -0.3 is 4.74 Å². The Kier molecular flexibility index (Phi) is 5.15. The van der Waals surface area contributed by atoms with E-state index in [1.807, 2.05) is 6.07 Å². The number of pyridine rings is 1.